The Bertz CT molecular complexity index is 1380. The number of H-pyrrole nitrogens is 1. The SMILES string of the molecule is CCCCCCCCCCCCCCCCCc1nn2c([nH]c3ccccc32)c1OS(=O)(=O)c1ccccc1. The van der Waals surface area contributed by atoms with Gasteiger partial charge in [-0.1, -0.05) is 127 Å². The maximum absolute atomic E-state index is 13.1. The number of para-hydroxylation sites is 2. The average Bonchev–Trinajstić information content (AvgIpc) is 3.47. The van der Waals surface area contributed by atoms with Gasteiger partial charge in [0.15, 0.2) is 5.65 Å². The van der Waals surface area contributed by atoms with E-state index in [9.17, 15) is 8.42 Å². The molecule has 39 heavy (non-hydrogen) atoms. The van der Waals surface area contributed by atoms with Crippen molar-refractivity contribution in [3.05, 3.63) is 60.3 Å². The molecule has 0 fully saturated rings. The van der Waals surface area contributed by atoms with Crippen LogP contribution in [0.2, 0.25) is 0 Å². The summed E-state index contributed by atoms with van der Waals surface area (Å²) in [5, 5.41) is 4.78. The van der Waals surface area contributed by atoms with Crippen molar-refractivity contribution in [2.24, 2.45) is 0 Å². The second kappa shape index (κ2) is 15.1. The number of benzene rings is 2. The molecule has 0 aliphatic heterocycles. The van der Waals surface area contributed by atoms with Crippen molar-refractivity contribution in [3.8, 4) is 5.75 Å². The van der Waals surface area contributed by atoms with E-state index in [1.54, 1.807) is 34.8 Å². The van der Waals surface area contributed by atoms with Crippen LogP contribution in [-0.2, 0) is 16.5 Å². The molecule has 0 aliphatic carbocycles. The maximum atomic E-state index is 13.1. The molecule has 0 saturated carbocycles. The normalized spacial score (nSPS) is 12.0. The molecule has 0 spiro atoms. The van der Waals surface area contributed by atoms with Crippen molar-refractivity contribution >= 4 is 26.8 Å². The first kappa shape index (κ1) is 29.2. The molecule has 2 aromatic carbocycles. The van der Waals surface area contributed by atoms with Crippen LogP contribution in [0.25, 0.3) is 16.7 Å². The number of rotatable bonds is 19. The monoisotopic (exact) mass is 551 g/mol. The van der Waals surface area contributed by atoms with Crippen LogP contribution in [0.15, 0.2) is 59.5 Å². The third-order valence-electron chi connectivity index (χ3n) is 7.54. The van der Waals surface area contributed by atoms with E-state index in [1.165, 1.54) is 83.5 Å². The predicted octanol–water partition coefficient (Wildman–Crippen LogP) is 9.00. The summed E-state index contributed by atoms with van der Waals surface area (Å²) in [6.45, 7) is 2.27. The molecular formula is C32H45N3O3S. The van der Waals surface area contributed by atoms with Gasteiger partial charge in [0.1, 0.15) is 10.6 Å². The number of nitrogens with zero attached hydrogens (tertiary/aromatic N) is 2. The molecule has 0 bridgehead atoms. The quantitative estimate of drug-likeness (QED) is 0.0932. The number of aryl methyl sites for hydroxylation is 1. The minimum atomic E-state index is -3.97. The number of aromatic nitrogens is 3. The van der Waals surface area contributed by atoms with Gasteiger partial charge in [-0.25, -0.2) is 4.52 Å². The summed E-state index contributed by atoms with van der Waals surface area (Å²) >= 11 is 0. The lowest BCUT2D eigenvalue weighted by Gasteiger charge is -2.07. The van der Waals surface area contributed by atoms with E-state index >= 15 is 0 Å². The summed E-state index contributed by atoms with van der Waals surface area (Å²) in [5.74, 6) is 0.306. The van der Waals surface area contributed by atoms with E-state index in [0.29, 0.717) is 23.5 Å². The van der Waals surface area contributed by atoms with Crippen LogP contribution < -0.4 is 4.18 Å². The first-order chi connectivity index (χ1) is 19.1. The van der Waals surface area contributed by atoms with Gasteiger partial charge in [-0.15, -0.1) is 0 Å². The summed E-state index contributed by atoms with van der Waals surface area (Å²) in [6, 6.07) is 16.1. The smallest absolute Gasteiger partial charge is 0.339 e. The van der Waals surface area contributed by atoms with E-state index in [0.717, 1.165) is 23.9 Å². The zero-order valence-electron chi connectivity index (χ0n) is 23.5. The van der Waals surface area contributed by atoms with E-state index in [2.05, 4.69) is 11.9 Å². The van der Waals surface area contributed by atoms with Crippen molar-refractivity contribution in [3.63, 3.8) is 0 Å². The van der Waals surface area contributed by atoms with Crippen molar-refractivity contribution in [2.45, 2.75) is 115 Å². The Labute approximate surface area is 234 Å². The molecule has 0 amide bonds. The van der Waals surface area contributed by atoms with Crippen LogP contribution in [0.5, 0.6) is 5.75 Å². The van der Waals surface area contributed by atoms with E-state index in [-0.39, 0.29) is 4.90 Å². The first-order valence-electron chi connectivity index (χ1n) is 15.1. The van der Waals surface area contributed by atoms with Gasteiger partial charge in [-0.3, -0.25) is 0 Å². The first-order valence-corrected chi connectivity index (χ1v) is 16.5. The van der Waals surface area contributed by atoms with E-state index in [1.807, 2.05) is 24.3 Å². The number of unbranched alkanes of at least 4 members (excludes halogenated alkanes) is 14. The highest BCUT2D eigenvalue weighted by atomic mass is 32.2. The highest BCUT2D eigenvalue weighted by molar-refractivity contribution is 7.87. The number of nitrogens with one attached hydrogen (secondary N) is 1. The molecule has 6 nitrogen and oxygen atoms in total. The lowest BCUT2D eigenvalue weighted by Crippen LogP contribution is -2.10. The van der Waals surface area contributed by atoms with Crippen LogP contribution >= 0.6 is 0 Å². The van der Waals surface area contributed by atoms with Crippen LogP contribution in [0, 0.1) is 0 Å². The number of hydrogen-bond donors (Lipinski definition) is 1. The third-order valence-corrected chi connectivity index (χ3v) is 8.77. The van der Waals surface area contributed by atoms with Gasteiger partial charge < -0.3 is 9.17 Å². The summed E-state index contributed by atoms with van der Waals surface area (Å²) in [4.78, 5) is 3.44. The minimum absolute atomic E-state index is 0.137. The molecule has 0 aliphatic rings. The van der Waals surface area contributed by atoms with Gasteiger partial charge in [0.25, 0.3) is 0 Å². The molecule has 0 saturated heterocycles. The fraction of sp³-hybridized carbons (Fsp3) is 0.531. The Morgan fingerprint density at radius 3 is 1.87 bits per heavy atom. The Morgan fingerprint density at radius 1 is 0.718 bits per heavy atom. The standard InChI is InChI=1S/C32H45N3O3S/c1-2-3-4-5-6-7-8-9-10-11-12-13-14-15-19-25-29-31(38-39(36,37)27-22-17-16-18-23-27)32-33-28-24-20-21-26-30(28)35(32)34-29/h16-18,20-24,26,33H,2-15,19,25H2,1H3. The van der Waals surface area contributed by atoms with E-state index < -0.39 is 10.1 Å². The summed E-state index contributed by atoms with van der Waals surface area (Å²) in [5.41, 5.74) is 3.05. The summed E-state index contributed by atoms with van der Waals surface area (Å²) in [6.07, 6.45) is 20.3. The molecular weight excluding hydrogens is 506 g/mol. The number of imidazole rings is 1. The van der Waals surface area contributed by atoms with Crippen molar-refractivity contribution in [2.75, 3.05) is 0 Å². The molecule has 0 unspecified atom stereocenters. The molecule has 2 aromatic heterocycles. The molecule has 0 radical (unpaired) electrons. The lowest BCUT2D eigenvalue weighted by atomic mass is 10.0. The molecule has 1 N–H and O–H groups in total. The molecule has 4 rings (SSSR count). The fourth-order valence-electron chi connectivity index (χ4n) is 5.28. The van der Waals surface area contributed by atoms with Gasteiger partial charge >= 0.3 is 10.1 Å². The van der Waals surface area contributed by atoms with Crippen LogP contribution in [-0.4, -0.2) is 23.0 Å². The van der Waals surface area contributed by atoms with Crippen LogP contribution in [0.4, 0.5) is 0 Å². The Morgan fingerprint density at radius 2 is 1.26 bits per heavy atom. The summed E-state index contributed by atoms with van der Waals surface area (Å²) < 4.78 is 33.6. The predicted molar refractivity (Wildman–Crippen MR) is 160 cm³/mol. The molecule has 4 aromatic rings. The fourth-order valence-corrected chi connectivity index (χ4v) is 6.27. The largest absolute Gasteiger partial charge is 0.373 e. The van der Waals surface area contributed by atoms with Crippen molar-refractivity contribution in [1.29, 1.82) is 0 Å². The van der Waals surface area contributed by atoms with Gasteiger partial charge in [-0.2, -0.15) is 13.5 Å². The second-order valence-electron chi connectivity index (χ2n) is 10.7. The Hall–Kier alpha value is -2.80. The van der Waals surface area contributed by atoms with E-state index in [4.69, 9.17) is 9.28 Å². The van der Waals surface area contributed by atoms with Gasteiger partial charge in [0.05, 0.1) is 11.0 Å². The average molecular weight is 552 g/mol. The zero-order chi connectivity index (χ0) is 27.3. The number of hydrogen-bond acceptors (Lipinski definition) is 4. The third kappa shape index (κ3) is 8.34. The van der Waals surface area contributed by atoms with Crippen molar-refractivity contribution < 1.29 is 12.6 Å². The van der Waals surface area contributed by atoms with Crippen LogP contribution in [0.1, 0.15) is 109 Å². The lowest BCUT2D eigenvalue weighted by molar-refractivity contribution is 0.483. The second-order valence-corrected chi connectivity index (χ2v) is 12.3. The highest BCUT2D eigenvalue weighted by Gasteiger charge is 2.24. The number of fused-ring (bicyclic) bond motifs is 3. The summed E-state index contributed by atoms with van der Waals surface area (Å²) in [7, 11) is -3.97. The van der Waals surface area contributed by atoms with Crippen LogP contribution in [0.3, 0.4) is 0 Å². The topological polar surface area (TPSA) is 76.5 Å². The molecule has 2 heterocycles. The highest BCUT2D eigenvalue weighted by Crippen LogP contribution is 2.32. The molecule has 0 atom stereocenters. The molecule has 212 valence electrons. The van der Waals surface area contributed by atoms with Gasteiger partial charge in [-0.05, 0) is 37.1 Å². The van der Waals surface area contributed by atoms with Crippen molar-refractivity contribution in [1.82, 2.24) is 14.6 Å². The minimum Gasteiger partial charge on any atom is -0.373 e. The molecule has 7 heteroatoms. The zero-order valence-corrected chi connectivity index (χ0v) is 24.4. The Balaban J connectivity index is 1.24. The maximum Gasteiger partial charge on any atom is 0.339 e. The van der Waals surface area contributed by atoms with Gasteiger partial charge in [0.2, 0.25) is 5.75 Å². The Kier molecular flexibility index (Phi) is 11.3. The number of aromatic amines is 1. The van der Waals surface area contributed by atoms with Gasteiger partial charge in [0, 0.05) is 0 Å².